The van der Waals surface area contributed by atoms with Gasteiger partial charge in [-0.15, -0.1) is 0 Å². The number of hydrogen-bond acceptors (Lipinski definition) is 2. The SMILES string of the molecule is N[C@@H]1CN(C(=O)Cc2ccc(F)cc2F)C[C@H]1c1ccccc1. The molecule has 0 aromatic heterocycles. The Morgan fingerprint density at radius 3 is 2.57 bits per heavy atom. The third kappa shape index (κ3) is 3.40. The number of hydrogen-bond donors (Lipinski definition) is 1. The van der Waals surface area contributed by atoms with Gasteiger partial charge in [-0.2, -0.15) is 0 Å². The zero-order valence-corrected chi connectivity index (χ0v) is 12.6. The van der Waals surface area contributed by atoms with Crippen LogP contribution in [0.15, 0.2) is 48.5 Å². The molecule has 2 aromatic rings. The summed E-state index contributed by atoms with van der Waals surface area (Å²) >= 11 is 0. The number of benzene rings is 2. The van der Waals surface area contributed by atoms with Gasteiger partial charge in [0, 0.05) is 31.1 Å². The number of nitrogens with zero attached hydrogens (tertiary/aromatic N) is 1. The van der Waals surface area contributed by atoms with Crippen LogP contribution in [0.2, 0.25) is 0 Å². The number of amides is 1. The molecule has 0 saturated carbocycles. The van der Waals surface area contributed by atoms with E-state index < -0.39 is 11.6 Å². The highest BCUT2D eigenvalue weighted by molar-refractivity contribution is 5.79. The molecule has 1 aliphatic heterocycles. The van der Waals surface area contributed by atoms with Gasteiger partial charge in [-0.3, -0.25) is 4.79 Å². The van der Waals surface area contributed by atoms with Gasteiger partial charge in [0.05, 0.1) is 6.42 Å². The van der Waals surface area contributed by atoms with Crippen LogP contribution in [0.5, 0.6) is 0 Å². The third-order valence-corrected chi connectivity index (χ3v) is 4.30. The summed E-state index contributed by atoms with van der Waals surface area (Å²) in [6.07, 6.45) is -0.0830. The maximum absolute atomic E-state index is 13.7. The third-order valence-electron chi connectivity index (χ3n) is 4.30. The first-order chi connectivity index (χ1) is 11.0. The van der Waals surface area contributed by atoms with Crippen molar-refractivity contribution in [2.24, 2.45) is 5.73 Å². The van der Waals surface area contributed by atoms with Crippen LogP contribution >= 0.6 is 0 Å². The number of carbonyl (C=O) groups excluding carboxylic acids is 1. The normalized spacial score (nSPS) is 20.7. The average Bonchev–Trinajstić information content (AvgIpc) is 2.93. The molecule has 0 radical (unpaired) electrons. The van der Waals surface area contributed by atoms with Gasteiger partial charge in [0.15, 0.2) is 0 Å². The molecule has 3 nitrogen and oxygen atoms in total. The smallest absolute Gasteiger partial charge is 0.227 e. The van der Waals surface area contributed by atoms with Crippen molar-refractivity contribution in [3.63, 3.8) is 0 Å². The van der Waals surface area contributed by atoms with Crippen LogP contribution in [0.3, 0.4) is 0 Å². The Hall–Kier alpha value is -2.27. The zero-order valence-electron chi connectivity index (χ0n) is 12.6. The van der Waals surface area contributed by atoms with Crippen molar-refractivity contribution in [3.8, 4) is 0 Å². The molecule has 0 aliphatic carbocycles. The van der Waals surface area contributed by atoms with Gasteiger partial charge in [-0.1, -0.05) is 36.4 Å². The number of likely N-dealkylation sites (tertiary alicyclic amines) is 1. The molecule has 2 aromatic carbocycles. The van der Waals surface area contributed by atoms with Crippen molar-refractivity contribution in [3.05, 3.63) is 71.3 Å². The van der Waals surface area contributed by atoms with Crippen molar-refractivity contribution >= 4 is 5.91 Å². The number of halogens is 2. The summed E-state index contributed by atoms with van der Waals surface area (Å²) in [5.41, 5.74) is 7.47. The predicted molar refractivity (Wildman–Crippen MR) is 83.8 cm³/mol. The molecule has 1 fully saturated rings. The van der Waals surface area contributed by atoms with Crippen molar-refractivity contribution in [1.82, 2.24) is 4.90 Å². The van der Waals surface area contributed by atoms with Crippen molar-refractivity contribution in [2.45, 2.75) is 18.4 Å². The molecule has 2 atom stereocenters. The van der Waals surface area contributed by atoms with E-state index in [-0.39, 0.29) is 29.9 Å². The summed E-state index contributed by atoms with van der Waals surface area (Å²) in [6, 6.07) is 13.0. The first kappa shape index (κ1) is 15.6. The molecule has 1 amide bonds. The largest absolute Gasteiger partial charge is 0.340 e. The summed E-state index contributed by atoms with van der Waals surface area (Å²) in [5, 5.41) is 0. The lowest BCUT2D eigenvalue weighted by molar-refractivity contribution is -0.129. The molecule has 3 rings (SSSR count). The number of rotatable bonds is 3. The Kier molecular flexibility index (Phi) is 4.39. The van der Waals surface area contributed by atoms with Gasteiger partial charge >= 0.3 is 0 Å². The van der Waals surface area contributed by atoms with Crippen LogP contribution in [0.4, 0.5) is 8.78 Å². The van der Waals surface area contributed by atoms with E-state index in [0.717, 1.165) is 17.7 Å². The van der Waals surface area contributed by atoms with Gasteiger partial charge in [0.1, 0.15) is 11.6 Å². The van der Waals surface area contributed by atoms with Gasteiger partial charge in [-0.25, -0.2) is 8.78 Å². The molecule has 23 heavy (non-hydrogen) atoms. The minimum atomic E-state index is -0.693. The van der Waals surface area contributed by atoms with E-state index in [4.69, 9.17) is 5.73 Å². The topological polar surface area (TPSA) is 46.3 Å². The molecule has 0 bridgehead atoms. The minimum Gasteiger partial charge on any atom is -0.340 e. The molecule has 1 aliphatic rings. The van der Waals surface area contributed by atoms with Crippen LogP contribution < -0.4 is 5.73 Å². The Morgan fingerprint density at radius 1 is 1.13 bits per heavy atom. The lowest BCUT2D eigenvalue weighted by Crippen LogP contribution is -2.33. The molecule has 5 heteroatoms. The fraction of sp³-hybridized carbons (Fsp3) is 0.278. The van der Waals surface area contributed by atoms with E-state index in [0.29, 0.717) is 13.1 Å². The zero-order chi connectivity index (χ0) is 16.4. The molecule has 0 spiro atoms. The lowest BCUT2D eigenvalue weighted by Gasteiger charge is -2.17. The summed E-state index contributed by atoms with van der Waals surface area (Å²) in [5.74, 6) is -1.45. The Bertz CT molecular complexity index is 705. The van der Waals surface area contributed by atoms with E-state index >= 15 is 0 Å². The maximum Gasteiger partial charge on any atom is 0.227 e. The quantitative estimate of drug-likeness (QED) is 0.945. The first-order valence-corrected chi connectivity index (χ1v) is 7.57. The molecule has 1 saturated heterocycles. The summed E-state index contributed by atoms with van der Waals surface area (Å²) in [4.78, 5) is 14.0. The van der Waals surface area contributed by atoms with E-state index in [1.54, 1.807) is 4.90 Å². The van der Waals surface area contributed by atoms with Crippen LogP contribution in [-0.2, 0) is 11.2 Å². The lowest BCUT2D eigenvalue weighted by atomic mass is 9.95. The summed E-state index contributed by atoms with van der Waals surface area (Å²) in [7, 11) is 0. The van der Waals surface area contributed by atoms with Crippen LogP contribution in [0, 0.1) is 11.6 Å². The monoisotopic (exact) mass is 316 g/mol. The number of carbonyl (C=O) groups is 1. The predicted octanol–water partition coefficient (Wildman–Crippen LogP) is 2.46. The van der Waals surface area contributed by atoms with Crippen molar-refractivity contribution in [1.29, 1.82) is 0 Å². The van der Waals surface area contributed by atoms with E-state index in [1.807, 2.05) is 30.3 Å². The van der Waals surface area contributed by atoms with Gasteiger partial charge in [0.25, 0.3) is 0 Å². The molecular weight excluding hydrogens is 298 g/mol. The highest BCUT2D eigenvalue weighted by Gasteiger charge is 2.33. The standard InChI is InChI=1S/C18H18F2N2O/c19-14-7-6-13(16(20)9-14)8-18(23)22-10-15(17(21)11-22)12-4-2-1-3-5-12/h1-7,9,15,17H,8,10-11,21H2/t15-,17+/m0/s1. The van der Waals surface area contributed by atoms with Crippen molar-refractivity contribution in [2.75, 3.05) is 13.1 Å². The Balaban J connectivity index is 1.69. The van der Waals surface area contributed by atoms with Crippen LogP contribution in [-0.4, -0.2) is 29.9 Å². The molecular formula is C18H18F2N2O. The Labute approximate surface area is 133 Å². The second-order valence-electron chi connectivity index (χ2n) is 5.89. The fourth-order valence-electron chi connectivity index (χ4n) is 3.03. The average molecular weight is 316 g/mol. The fourth-order valence-corrected chi connectivity index (χ4v) is 3.03. The van der Waals surface area contributed by atoms with Crippen LogP contribution in [0.25, 0.3) is 0 Å². The van der Waals surface area contributed by atoms with E-state index in [9.17, 15) is 13.6 Å². The van der Waals surface area contributed by atoms with Gasteiger partial charge in [0.2, 0.25) is 5.91 Å². The Morgan fingerprint density at radius 2 is 1.87 bits per heavy atom. The summed E-state index contributed by atoms with van der Waals surface area (Å²) < 4.78 is 26.6. The highest BCUT2D eigenvalue weighted by Crippen LogP contribution is 2.27. The van der Waals surface area contributed by atoms with E-state index in [2.05, 4.69) is 0 Å². The first-order valence-electron chi connectivity index (χ1n) is 7.57. The molecule has 2 N–H and O–H groups in total. The van der Waals surface area contributed by atoms with Crippen LogP contribution in [0.1, 0.15) is 17.0 Å². The second kappa shape index (κ2) is 6.46. The van der Waals surface area contributed by atoms with Crippen molar-refractivity contribution < 1.29 is 13.6 Å². The van der Waals surface area contributed by atoms with Gasteiger partial charge in [-0.05, 0) is 17.2 Å². The second-order valence-corrected chi connectivity index (χ2v) is 5.89. The molecule has 0 unspecified atom stereocenters. The summed E-state index contributed by atoms with van der Waals surface area (Å²) in [6.45, 7) is 0.966. The maximum atomic E-state index is 13.7. The molecule has 120 valence electrons. The molecule has 1 heterocycles. The minimum absolute atomic E-state index is 0.0817. The number of nitrogens with two attached hydrogens (primary N) is 1. The highest BCUT2D eigenvalue weighted by atomic mass is 19.1. The van der Waals surface area contributed by atoms with Gasteiger partial charge < -0.3 is 10.6 Å². The van der Waals surface area contributed by atoms with E-state index in [1.165, 1.54) is 6.07 Å².